The second kappa shape index (κ2) is 5.10. The Kier molecular flexibility index (Phi) is 3.73. The third-order valence-corrected chi connectivity index (χ3v) is 4.13. The van der Waals surface area contributed by atoms with Gasteiger partial charge in [0.25, 0.3) is 0 Å². The average molecular weight is 313 g/mol. The summed E-state index contributed by atoms with van der Waals surface area (Å²) in [6, 6.07) is 0. The number of anilines is 1. The van der Waals surface area contributed by atoms with Gasteiger partial charge in [0, 0.05) is 11.1 Å². The van der Waals surface area contributed by atoms with E-state index in [-0.39, 0.29) is 0 Å². The lowest BCUT2D eigenvalue weighted by Crippen LogP contribution is -2.05. The molecule has 0 radical (unpaired) electrons. The van der Waals surface area contributed by atoms with Crippen molar-refractivity contribution in [1.82, 2.24) is 15.0 Å². The topological polar surface area (TPSA) is 64.7 Å². The van der Waals surface area contributed by atoms with Gasteiger partial charge in [-0.3, -0.25) is 0 Å². The lowest BCUT2D eigenvalue weighted by molar-refractivity contribution is 0.895. The highest BCUT2D eigenvalue weighted by atomic mass is 79.9. The van der Waals surface area contributed by atoms with Crippen LogP contribution in [0.1, 0.15) is 29.1 Å². The predicted molar refractivity (Wildman–Crippen MR) is 73.2 cm³/mol. The van der Waals surface area contributed by atoms with E-state index >= 15 is 0 Å². The molecule has 6 heteroatoms. The molecule has 0 aliphatic carbocycles. The molecule has 17 heavy (non-hydrogen) atoms. The molecule has 0 unspecified atom stereocenters. The average Bonchev–Trinajstić information content (AvgIpc) is 2.69. The molecule has 0 aromatic carbocycles. The van der Waals surface area contributed by atoms with Crippen molar-refractivity contribution in [3.05, 3.63) is 32.1 Å². The van der Waals surface area contributed by atoms with Crippen LogP contribution in [0, 0.1) is 6.92 Å². The first kappa shape index (κ1) is 12.4. The van der Waals surface area contributed by atoms with E-state index in [9.17, 15) is 0 Å². The predicted octanol–water partition coefficient (Wildman–Crippen LogP) is 2.74. The third kappa shape index (κ3) is 2.81. The van der Waals surface area contributed by atoms with Gasteiger partial charge in [0.15, 0.2) is 0 Å². The van der Waals surface area contributed by atoms with Gasteiger partial charge in [-0.1, -0.05) is 6.92 Å². The second-order valence-electron chi connectivity index (χ2n) is 3.70. The van der Waals surface area contributed by atoms with Crippen molar-refractivity contribution in [2.75, 3.05) is 5.73 Å². The molecule has 0 fully saturated rings. The molecule has 90 valence electrons. The molecule has 0 saturated carbocycles. The van der Waals surface area contributed by atoms with Gasteiger partial charge in [-0.25, -0.2) is 15.0 Å². The molecular formula is C11H13BrN4S. The SMILES string of the molecule is CCc1nc(Cc2nc(C)cs2)nc(N)c1Br. The van der Waals surface area contributed by atoms with Crippen LogP contribution in [0.3, 0.4) is 0 Å². The monoisotopic (exact) mass is 312 g/mol. The Balaban J connectivity index is 2.30. The smallest absolute Gasteiger partial charge is 0.141 e. The summed E-state index contributed by atoms with van der Waals surface area (Å²) in [6.07, 6.45) is 1.47. The molecule has 0 amide bonds. The Morgan fingerprint density at radius 2 is 2.12 bits per heavy atom. The molecule has 0 aliphatic heterocycles. The fourth-order valence-electron chi connectivity index (χ4n) is 1.50. The number of aryl methyl sites for hydroxylation is 2. The number of rotatable bonds is 3. The summed E-state index contributed by atoms with van der Waals surface area (Å²) in [7, 11) is 0. The van der Waals surface area contributed by atoms with Crippen LogP contribution >= 0.6 is 27.3 Å². The Bertz CT molecular complexity index is 538. The van der Waals surface area contributed by atoms with Gasteiger partial charge in [-0.2, -0.15) is 0 Å². The third-order valence-electron chi connectivity index (χ3n) is 2.30. The number of nitrogens with two attached hydrogens (primary N) is 1. The van der Waals surface area contributed by atoms with Gasteiger partial charge in [-0.05, 0) is 29.3 Å². The lowest BCUT2D eigenvalue weighted by atomic mass is 10.3. The Labute approximate surface area is 112 Å². The minimum absolute atomic E-state index is 0.500. The summed E-state index contributed by atoms with van der Waals surface area (Å²) in [4.78, 5) is 13.2. The standard InChI is InChI=1S/C11H13BrN4S/c1-3-7-10(12)11(13)16-8(15-7)4-9-14-6(2)5-17-9/h5H,3-4H2,1-2H3,(H2,13,15,16). The number of hydrogen-bond donors (Lipinski definition) is 1. The van der Waals surface area contributed by atoms with E-state index in [0.717, 1.165) is 33.1 Å². The van der Waals surface area contributed by atoms with Crippen molar-refractivity contribution in [3.8, 4) is 0 Å². The number of hydrogen-bond acceptors (Lipinski definition) is 5. The van der Waals surface area contributed by atoms with E-state index in [1.807, 2.05) is 19.2 Å². The zero-order chi connectivity index (χ0) is 12.4. The highest BCUT2D eigenvalue weighted by molar-refractivity contribution is 9.10. The minimum Gasteiger partial charge on any atom is -0.383 e. The van der Waals surface area contributed by atoms with Crippen LogP contribution in [0.4, 0.5) is 5.82 Å². The zero-order valence-electron chi connectivity index (χ0n) is 9.70. The van der Waals surface area contributed by atoms with E-state index in [2.05, 4.69) is 30.9 Å². The van der Waals surface area contributed by atoms with E-state index in [4.69, 9.17) is 5.73 Å². The Morgan fingerprint density at radius 3 is 2.71 bits per heavy atom. The summed E-state index contributed by atoms with van der Waals surface area (Å²) < 4.78 is 0.805. The Hall–Kier alpha value is -1.01. The Morgan fingerprint density at radius 1 is 1.35 bits per heavy atom. The maximum Gasteiger partial charge on any atom is 0.141 e. The molecule has 4 nitrogen and oxygen atoms in total. The molecule has 2 heterocycles. The van der Waals surface area contributed by atoms with Crippen LogP contribution in [0.2, 0.25) is 0 Å². The number of thiazole rings is 1. The molecular weight excluding hydrogens is 300 g/mol. The summed E-state index contributed by atoms with van der Waals surface area (Å²) in [5.41, 5.74) is 7.82. The first-order valence-corrected chi connectivity index (χ1v) is 6.99. The summed E-state index contributed by atoms with van der Waals surface area (Å²) in [6.45, 7) is 4.03. The highest BCUT2D eigenvalue weighted by Gasteiger charge is 2.10. The first-order valence-electron chi connectivity index (χ1n) is 5.32. The number of nitrogens with zero attached hydrogens (tertiary/aromatic N) is 3. The van der Waals surface area contributed by atoms with Crippen molar-refractivity contribution in [3.63, 3.8) is 0 Å². The lowest BCUT2D eigenvalue weighted by Gasteiger charge is -2.06. The van der Waals surface area contributed by atoms with Crippen LogP contribution in [0.5, 0.6) is 0 Å². The van der Waals surface area contributed by atoms with E-state index in [0.29, 0.717) is 12.2 Å². The maximum atomic E-state index is 5.84. The summed E-state index contributed by atoms with van der Waals surface area (Å²) >= 11 is 5.03. The van der Waals surface area contributed by atoms with Crippen molar-refractivity contribution in [2.24, 2.45) is 0 Å². The molecule has 2 aromatic rings. The summed E-state index contributed by atoms with van der Waals surface area (Å²) in [5.74, 6) is 1.23. The van der Waals surface area contributed by atoms with Crippen LogP contribution in [-0.4, -0.2) is 15.0 Å². The molecule has 0 atom stereocenters. The molecule has 0 bridgehead atoms. The fraction of sp³-hybridized carbons (Fsp3) is 0.364. The molecule has 2 N–H and O–H groups in total. The van der Waals surface area contributed by atoms with E-state index in [1.165, 1.54) is 0 Å². The number of aromatic nitrogens is 3. The quantitative estimate of drug-likeness (QED) is 0.946. The molecule has 2 aromatic heterocycles. The van der Waals surface area contributed by atoms with Gasteiger partial charge in [-0.15, -0.1) is 11.3 Å². The van der Waals surface area contributed by atoms with Crippen LogP contribution in [-0.2, 0) is 12.8 Å². The largest absolute Gasteiger partial charge is 0.383 e. The maximum absolute atomic E-state index is 5.84. The van der Waals surface area contributed by atoms with Crippen molar-refractivity contribution in [1.29, 1.82) is 0 Å². The highest BCUT2D eigenvalue weighted by Crippen LogP contribution is 2.22. The van der Waals surface area contributed by atoms with Gasteiger partial charge in [0.05, 0.1) is 16.6 Å². The van der Waals surface area contributed by atoms with Gasteiger partial charge in [0.1, 0.15) is 16.6 Å². The first-order chi connectivity index (χ1) is 8.10. The molecule has 0 aliphatic rings. The summed E-state index contributed by atoms with van der Waals surface area (Å²) in [5, 5.41) is 3.05. The second-order valence-corrected chi connectivity index (χ2v) is 5.43. The minimum atomic E-state index is 0.500. The van der Waals surface area contributed by atoms with Crippen LogP contribution in [0.25, 0.3) is 0 Å². The van der Waals surface area contributed by atoms with Crippen molar-refractivity contribution in [2.45, 2.75) is 26.7 Å². The van der Waals surface area contributed by atoms with Gasteiger partial charge >= 0.3 is 0 Å². The number of nitrogen functional groups attached to an aromatic ring is 1. The number of halogens is 1. The van der Waals surface area contributed by atoms with E-state index in [1.54, 1.807) is 11.3 Å². The van der Waals surface area contributed by atoms with E-state index < -0.39 is 0 Å². The van der Waals surface area contributed by atoms with Crippen LogP contribution < -0.4 is 5.73 Å². The normalized spacial score (nSPS) is 10.8. The molecule has 0 saturated heterocycles. The fourth-order valence-corrected chi connectivity index (χ4v) is 2.72. The van der Waals surface area contributed by atoms with Crippen molar-refractivity contribution >= 4 is 33.1 Å². The van der Waals surface area contributed by atoms with Crippen LogP contribution in [0.15, 0.2) is 9.85 Å². The van der Waals surface area contributed by atoms with Crippen molar-refractivity contribution < 1.29 is 0 Å². The molecule has 2 rings (SSSR count). The van der Waals surface area contributed by atoms with Gasteiger partial charge in [0.2, 0.25) is 0 Å². The zero-order valence-corrected chi connectivity index (χ0v) is 12.1. The van der Waals surface area contributed by atoms with Gasteiger partial charge < -0.3 is 5.73 Å². The molecule has 0 spiro atoms.